The minimum atomic E-state index is -0.503. The average molecular weight is 410 g/mol. The van der Waals surface area contributed by atoms with Crippen LogP contribution in [0.25, 0.3) is 0 Å². The quantitative estimate of drug-likeness (QED) is 0.762. The van der Waals surface area contributed by atoms with Gasteiger partial charge in [0, 0.05) is 30.4 Å². The zero-order valence-electron chi connectivity index (χ0n) is 16.6. The molecule has 0 aliphatic carbocycles. The Morgan fingerprint density at radius 3 is 2.73 bits per heavy atom. The predicted molar refractivity (Wildman–Crippen MR) is 109 cm³/mol. The Bertz CT molecular complexity index is 989. The highest BCUT2D eigenvalue weighted by Gasteiger charge is 2.35. The van der Waals surface area contributed by atoms with Crippen LogP contribution >= 0.6 is 0 Å². The van der Waals surface area contributed by atoms with E-state index in [9.17, 15) is 14.4 Å². The predicted octanol–water partition coefficient (Wildman–Crippen LogP) is 2.63. The van der Waals surface area contributed by atoms with Crippen LogP contribution in [0.15, 0.2) is 42.5 Å². The molecule has 2 heterocycles. The number of fused-ring (bicyclic) bond motifs is 1. The van der Waals surface area contributed by atoms with Gasteiger partial charge in [0.25, 0.3) is 0 Å². The van der Waals surface area contributed by atoms with E-state index in [4.69, 9.17) is 14.2 Å². The molecule has 1 fully saturated rings. The molecule has 8 heteroatoms. The van der Waals surface area contributed by atoms with Gasteiger partial charge in [0.1, 0.15) is 13.2 Å². The average Bonchev–Trinajstić information content (AvgIpc) is 3.15. The van der Waals surface area contributed by atoms with E-state index in [-0.39, 0.29) is 31.4 Å². The van der Waals surface area contributed by atoms with Gasteiger partial charge in [0.05, 0.1) is 18.1 Å². The summed E-state index contributed by atoms with van der Waals surface area (Å²) in [5, 5.41) is 2.79. The van der Waals surface area contributed by atoms with E-state index in [2.05, 4.69) is 5.32 Å². The molecule has 4 rings (SSSR count). The Morgan fingerprint density at radius 1 is 1.13 bits per heavy atom. The molecule has 2 aromatic carbocycles. The first-order valence-electron chi connectivity index (χ1n) is 9.83. The maximum atomic E-state index is 12.7. The first kappa shape index (κ1) is 19.8. The minimum Gasteiger partial charge on any atom is -0.486 e. The lowest BCUT2D eigenvalue weighted by Crippen LogP contribution is -2.28. The summed E-state index contributed by atoms with van der Waals surface area (Å²) in [7, 11) is 0. The maximum absolute atomic E-state index is 12.7. The summed E-state index contributed by atoms with van der Waals surface area (Å²) in [6, 6.07) is 11.9. The number of nitrogens with one attached hydrogen (secondary N) is 1. The second-order valence-electron chi connectivity index (χ2n) is 7.02. The van der Waals surface area contributed by atoms with Crippen molar-refractivity contribution < 1.29 is 28.6 Å². The van der Waals surface area contributed by atoms with E-state index >= 15 is 0 Å². The van der Waals surface area contributed by atoms with E-state index in [0.717, 1.165) is 0 Å². The molecule has 0 radical (unpaired) electrons. The molecule has 2 aliphatic heterocycles. The Balaban J connectivity index is 1.43. The highest BCUT2D eigenvalue weighted by molar-refractivity contribution is 6.04. The van der Waals surface area contributed by atoms with Crippen LogP contribution < -0.4 is 19.7 Å². The summed E-state index contributed by atoms with van der Waals surface area (Å²) in [5.41, 5.74) is 1.51. The number of rotatable bonds is 5. The number of benzene rings is 2. The highest BCUT2D eigenvalue weighted by atomic mass is 16.6. The summed E-state index contributed by atoms with van der Waals surface area (Å²) in [5.74, 6) is -0.120. The van der Waals surface area contributed by atoms with E-state index in [1.54, 1.807) is 54.3 Å². The van der Waals surface area contributed by atoms with E-state index in [1.165, 1.54) is 0 Å². The first-order valence-corrected chi connectivity index (χ1v) is 9.83. The smallest absolute Gasteiger partial charge is 0.338 e. The molecule has 2 amide bonds. The van der Waals surface area contributed by atoms with Crippen molar-refractivity contribution in [1.29, 1.82) is 0 Å². The van der Waals surface area contributed by atoms with Crippen LogP contribution in [0.1, 0.15) is 23.7 Å². The van der Waals surface area contributed by atoms with Gasteiger partial charge in [-0.05, 0) is 37.3 Å². The Morgan fingerprint density at radius 2 is 1.93 bits per heavy atom. The van der Waals surface area contributed by atoms with Gasteiger partial charge in [0.2, 0.25) is 11.8 Å². The van der Waals surface area contributed by atoms with Crippen molar-refractivity contribution in [3.8, 4) is 11.5 Å². The van der Waals surface area contributed by atoms with Crippen LogP contribution in [0.3, 0.4) is 0 Å². The summed E-state index contributed by atoms with van der Waals surface area (Å²) in [6.45, 7) is 3.22. The van der Waals surface area contributed by atoms with Crippen molar-refractivity contribution in [1.82, 2.24) is 0 Å². The first-order chi connectivity index (χ1) is 14.5. The number of hydrogen-bond donors (Lipinski definition) is 1. The molecule has 1 N–H and O–H groups in total. The Labute approximate surface area is 173 Å². The van der Waals surface area contributed by atoms with Gasteiger partial charge in [-0.2, -0.15) is 0 Å². The number of esters is 1. The molecule has 8 nitrogen and oxygen atoms in total. The van der Waals surface area contributed by atoms with Crippen molar-refractivity contribution in [3.63, 3.8) is 0 Å². The van der Waals surface area contributed by atoms with Gasteiger partial charge in [-0.3, -0.25) is 9.59 Å². The molecule has 0 aromatic heterocycles. The van der Waals surface area contributed by atoms with Gasteiger partial charge < -0.3 is 24.4 Å². The molecule has 0 saturated carbocycles. The molecular formula is C22H22N2O6. The molecule has 0 unspecified atom stereocenters. The third-order valence-corrected chi connectivity index (χ3v) is 4.97. The number of amides is 2. The largest absolute Gasteiger partial charge is 0.486 e. The number of hydrogen-bond acceptors (Lipinski definition) is 6. The SMILES string of the molecule is CCOC(=O)c1cccc(NC(=O)[C@H]2CC(=O)N(c3ccc4c(c3)OCCO4)C2)c1. The fourth-order valence-electron chi connectivity index (χ4n) is 3.52. The molecule has 1 atom stereocenters. The summed E-state index contributed by atoms with van der Waals surface area (Å²) in [4.78, 5) is 38.7. The zero-order valence-corrected chi connectivity index (χ0v) is 16.6. The molecule has 1 saturated heterocycles. The van der Waals surface area contributed by atoms with E-state index < -0.39 is 11.9 Å². The van der Waals surface area contributed by atoms with Crippen molar-refractivity contribution in [2.75, 3.05) is 36.6 Å². The fraction of sp³-hybridized carbons (Fsp3) is 0.318. The van der Waals surface area contributed by atoms with Crippen molar-refractivity contribution in [3.05, 3.63) is 48.0 Å². The maximum Gasteiger partial charge on any atom is 0.338 e. The second-order valence-corrected chi connectivity index (χ2v) is 7.02. The van der Waals surface area contributed by atoms with Crippen LogP contribution in [0.2, 0.25) is 0 Å². The molecule has 2 aromatic rings. The third kappa shape index (κ3) is 4.07. The number of carbonyl (C=O) groups is 3. The molecule has 30 heavy (non-hydrogen) atoms. The third-order valence-electron chi connectivity index (χ3n) is 4.97. The van der Waals surface area contributed by atoms with Crippen LogP contribution in [-0.4, -0.2) is 44.1 Å². The van der Waals surface area contributed by atoms with Crippen LogP contribution in [-0.2, 0) is 14.3 Å². The van der Waals surface area contributed by atoms with Crippen LogP contribution in [0.5, 0.6) is 11.5 Å². The Kier molecular flexibility index (Phi) is 5.56. The fourth-order valence-corrected chi connectivity index (χ4v) is 3.52. The van der Waals surface area contributed by atoms with Crippen molar-refractivity contribution in [2.45, 2.75) is 13.3 Å². The zero-order chi connectivity index (χ0) is 21.1. The van der Waals surface area contributed by atoms with Crippen LogP contribution in [0.4, 0.5) is 11.4 Å². The summed E-state index contributed by atoms with van der Waals surface area (Å²) < 4.78 is 16.1. The van der Waals surface area contributed by atoms with Gasteiger partial charge in [-0.15, -0.1) is 0 Å². The normalized spacial score (nSPS) is 17.6. The van der Waals surface area contributed by atoms with Crippen molar-refractivity contribution >= 4 is 29.2 Å². The monoisotopic (exact) mass is 410 g/mol. The number of anilines is 2. The summed E-state index contributed by atoms with van der Waals surface area (Å²) >= 11 is 0. The molecule has 2 aliphatic rings. The Hall–Kier alpha value is -3.55. The molecule has 0 spiro atoms. The molecule has 0 bridgehead atoms. The van der Waals surface area contributed by atoms with Gasteiger partial charge in [-0.1, -0.05) is 6.07 Å². The second kappa shape index (κ2) is 8.44. The lowest BCUT2D eigenvalue weighted by atomic mass is 10.1. The summed E-state index contributed by atoms with van der Waals surface area (Å²) in [6.07, 6.45) is 0.109. The number of ether oxygens (including phenoxy) is 3. The van der Waals surface area contributed by atoms with Gasteiger partial charge >= 0.3 is 5.97 Å². The lowest BCUT2D eigenvalue weighted by molar-refractivity contribution is -0.122. The van der Waals surface area contributed by atoms with Crippen LogP contribution in [0, 0.1) is 5.92 Å². The minimum absolute atomic E-state index is 0.109. The van der Waals surface area contributed by atoms with Crippen molar-refractivity contribution in [2.24, 2.45) is 5.92 Å². The van der Waals surface area contributed by atoms with Gasteiger partial charge in [-0.25, -0.2) is 4.79 Å². The molecular weight excluding hydrogens is 388 g/mol. The topological polar surface area (TPSA) is 94.2 Å². The van der Waals surface area contributed by atoms with E-state index in [1.807, 2.05) is 0 Å². The van der Waals surface area contributed by atoms with Gasteiger partial charge in [0.15, 0.2) is 11.5 Å². The highest BCUT2D eigenvalue weighted by Crippen LogP contribution is 2.36. The standard InChI is InChI=1S/C22H22N2O6/c1-2-28-22(27)14-4-3-5-16(10-14)23-21(26)15-11-20(25)24(13-15)17-6-7-18-19(12-17)30-9-8-29-18/h3-7,10,12,15H,2,8-9,11,13H2,1H3,(H,23,26)/t15-/m0/s1. The number of nitrogens with zero attached hydrogens (tertiary/aromatic N) is 1. The number of carbonyl (C=O) groups excluding carboxylic acids is 3. The lowest BCUT2D eigenvalue weighted by Gasteiger charge is -2.22. The van der Waals surface area contributed by atoms with E-state index in [0.29, 0.717) is 41.7 Å². The molecule has 156 valence electrons.